The third-order valence-electron chi connectivity index (χ3n) is 0.884. The van der Waals surface area contributed by atoms with Crippen LogP contribution in [0.25, 0.3) is 0 Å². The molecular weight excluding hydrogens is 641 g/mol. The zero-order valence-corrected chi connectivity index (χ0v) is 18.4. The van der Waals surface area contributed by atoms with Gasteiger partial charge in [-0.2, -0.15) is 0 Å². The predicted octanol–water partition coefficient (Wildman–Crippen LogP) is 9.37. The van der Waals surface area contributed by atoms with E-state index in [2.05, 4.69) is 9.47 Å². The molecule has 0 N–H and O–H groups in total. The Bertz CT molecular complexity index is 392. The van der Waals surface area contributed by atoms with Crippen LogP contribution >= 0.6 is 0 Å². The van der Waals surface area contributed by atoms with Gasteiger partial charge in [-0.15, -0.1) is 0 Å². The summed E-state index contributed by atoms with van der Waals surface area (Å²) in [6, 6.07) is 0. The lowest BCUT2D eigenvalue weighted by Gasteiger charge is -1.99. The molecule has 39 heavy (non-hydrogen) atoms. The van der Waals surface area contributed by atoms with E-state index < -0.39 is 49.7 Å². The van der Waals surface area contributed by atoms with E-state index in [1.165, 1.54) is 7.11 Å². The maximum absolute atomic E-state index is 10.2. The average molecular weight is 653 g/mol. The molecule has 3 nitrogen and oxygen atoms in total. The van der Waals surface area contributed by atoms with Gasteiger partial charge in [0, 0.05) is 0 Å². The van der Waals surface area contributed by atoms with Crippen LogP contribution in [-0.4, -0.2) is 63.4 Å². The average Bonchev–Trinajstić information content (AvgIpc) is 2.45. The van der Waals surface area contributed by atoms with Crippen LogP contribution in [0.1, 0.15) is 19.8 Å². The first kappa shape index (κ1) is 53.3. The summed E-state index contributed by atoms with van der Waals surface area (Å²) in [7, 11) is -34.7. The molecule has 0 saturated heterocycles. The second-order valence-electron chi connectivity index (χ2n) is 4.63. The monoisotopic (exact) mass is 654 g/mol. The van der Waals surface area contributed by atoms with Gasteiger partial charge in [0.2, 0.25) is 0 Å². The largest absolute Gasteiger partial charge is 0.673 e. The summed E-state index contributed by atoms with van der Waals surface area (Å²) in [5.74, 6) is 0. The van der Waals surface area contributed by atoms with Gasteiger partial charge in [0.1, 0.15) is 0 Å². The van der Waals surface area contributed by atoms with Crippen LogP contribution < -0.4 is 0 Å². The van der Waals surface area contributed by atoms with Gasteiger partial charge >= 0.3 is 49.7 Å². The van der Waals surface area contributed by atoms with Crippen molar-refractivity contribution < 1.29 is 118 Å². The van der Waals surface area contributed by atoms with E-state index >= 15 is 0 Å². The second-order valence-corrected chi connectivity index (χ2v) is 4.63. The molecule has 0 saturated carbocycles. The van der Waals surface area contributed by atoms with Gasteiger partial charge in [0.25, 0.3) is 0 Å². The van der Waals surface area contributed by atoms with Gasteiger partial charge in [-0.3, -0.25) is 0 Å². The van der Waals surface area contributed by atoms with Crippen molar-refractivity contribution in [2.24, 2.45) is 0 Å². The van der Waals surface area contributed by atoms with Gasteiger partial charge in [0.05, 0.1) is 13.7 Å². The van der Waals surface area contributed by atoms with Crippen molar-refractivity contribution in [3.8, 4) is 0 Å². The van der Waals surface area contributed by atoms with Crippen molar-refractivity contribution in [1.82, 2.24) is 0 Å². The minimum absolute atomic E-state index is 0.461. The molecule has 0 rings (SSSR count). The highest BCUT2D eigenvalue weighted by Crippen LogP contribution is 2.09. The Hall–Kier alpha value is -2.02. The van der Waals surface area contributed by atoms with Crippen molar-refractivity contribution in [3.63, 3.8) is 0 Å². The molecule has 0 aromatic rings. The molecule has 0 amide bonds. The Morgan fingerprint density at radius 3 is 0.718 bits per heavy atom. The Morgan fingerprint density at radius 2 is 0.615 bits per heavy atom. The van der Waals surface area contributed by atoms with Crippen LogP contribution in [0.5, 0.6) is 0 Å². The number of unbranched alkanes of at least 4 members (excludes halogenated alkanes) is 1. The third kappa shape index (κ3) is 1680. The van der Waals surface area contributed by atoms with Crippen molar-refractivity contribution in [1.29, 1.82) is 0 Å². The fourth-order valence-corrected chi connectivity index (χ4v) is 0.359. The molecule has 0 aromatic heterocycles. The molecule has 0 aliphatic heterocycles. The molecule has 246 valence electrons. The van der Waals surface area contributed by atoms with E-state index in [1.807, 2.05) is 6.92 Å². The molecule has 0 aliphatic rings. The molecule has 0 radical (unpaired) electrons. The van der Waals surface area contributed by atoms with E-state index in [1.54, 1.807) is 0 Å². The van der Waals surface area contributed by atoms with Crippen molar-refractivity contribution >= 4 is 49.7 Å². The fourth-order valence-electron chi connectivity index (χ4n) is 0.359. The first-order valence-electron chi connectivity index (χ1n) is 8.25. The molecule has 0 heterocycles. The Kier molecular flexibility index (Phi) is 34.1. The molecular formula is C6H12B6F24O3-6. The first-order valence-corrected chi connectivity index (χ1v) is 8.25. The minimum Gasteiger partial charge on any atom is -0.438 e. The van der Waals surface area contributed by atoms with E-state index in [4.69, 9.17) is 0 Å². The van der Waals surface area contributed by atoms with Crippen molar-refractivity contribution in [3.05, 3.63) is 0 Å². The molecule has 0 aliphatic carbocycles. The Balaban J connectivity index is -0.0000000622. The van der Waals surface area contributed by atoms with Crippen LogP contribution in [-0.2, 0) is 9.47 Å². The van der Waals surface area contributed by atoms with Gasteiger partial charge in [-0.25, -0.2) is 4.79 Å². The van der Waals surface area contributed by atoms with Crippen molar-refractivity contribution in [2.75, 3.05) is 13.7 Å². The summed E-state index contributed by atoms with van der Waals surface area (Å²) in [5, 5.41) is 0. The normalized spacial score (nSPS) is 11.2. The fraction of sp³-hybridized carbons (Fsp3) is 0.833. The van der Waals surface area contributed by atoms with E-state index in [-0.39, 0.29) is 0 Å². The molecule has 0 aromatic carbocycles. The standard InChI is InChI=1S/C6H12O3.6BF4/c1-3-4-5-9-6(7)8-2;6*2-1(3,4)5/h3-5H2,1-2H3;;;;;;/q;6*-1. The first-order chi connectivity index (χ1) is 16.3. The number of hydrogen-bond donors (Lipinski definition) is 0. The zero-order chi connectivity index (χ0) is 34.1. The minimum atomic E-state index is -6.00. The van der Waals surface area contributed by atoms with Gasteiger partial charge in [-0.05, 0) is 6.42 Å². The Morgan fingerprint density at radius 1 is 0.462 bits per heavy atom. The topological polar surface area (TPSA) is 35.5 Å². The third-order valence-corrected chi connectivity index (χ3v) is 0.884. The SMILES string of the molecule is CCCCOC(=O)OC.F[B-](F)(F)F.F[B-](F)(F)F.F[B-](F)(F)F.F[B-](F)(F)F.F[B-](F)(F)F.F[B-](F)(F)F. The van der Waals surface area contributed by atoms with Crippen LogP contribution in [0.15, 0.2) is 0 Å². The summed E-state index contributed by atoms with van der Waals surface area (Å²) in [5.41, 5.74) is 0. The molecule has 0 fully saturated rings. The molecule has 33 heteroatoms. The van der Waals surface area contributed by atoms with E-state index in [0.29, 0.717) is 6.61 Å². The number of ether oxygens (including phenoxy) is 2. The maximum atomic E-state index is 10.2. The summed E-state index contributed by atoms with van der Waals surface area (Å²) in [6.45, 7) is 2.49. The van der Waals surface area contributed by atoms with Crippen LogP contribution in [0.4, 0.5) is 108 Å². The van der Waals surface area contributed by atoms with Gasteiger partial charge in [0.15, 0.2) is 0 Å². The number of halogens is 24. The van der Waals surface area contributed by atoms with Crippen LogP contribution in [0.3, 0.4) is 0 Å². The highest BCUT2D eigenvalue weighted by Gasteiger charge is 2.22. The number of hydrogen-bond acceptors (Lipinski definition) is 3. The number of rotatable bonds is 3. The van der Waals surface area contributed by atoms with E-state index in [0.717, 1.165) is 12.8 Å². The molecule has 0 unspecified atom stereocenters. The molecule has 0 atom stereocenters. The molecule has 0 bridgehead atoms. The number of carbonyl (C=O) groups excluding carboxylic acids is 1. The lowest BCUT2D eigenvalue weighted by Crippen LogP contribution is -2.04. The highest BCUT2D eigenvalue weighted by atomic mass is 19.5. The zero-order valence-electron chi connectivity index (χ0n) is 18.4. The maximum Gasteiger partial charge on any atom is 0.673 e. The summed E-state index contributed by atoms with van der Waals surface area (Å²) in [4.78, 5) is 10.2. The van der Waals surface area contributed by atoms with Crippen molar-refractivity contribution in [2.45, 2.75) is 19.8 Å². The summed E-state index contributed by atoms with van der Waals surface area (Å²) >= 11 is 0. The quantitative estimate of drug-likeness (QED) is 0.132. The number of carbonyl (C=O) groups is 1. The molecule has 0 spiro atoms. The van der Waals surface area contributed by atoms with Gasteiger partial charge < -0.3 is 113 Å². The van der Waals surface area contributed by atoms with Crippen LogP contribution in [0, 0.1) is 0 Å². The van der Waals surface area contributed by atoms with Crippen LogP contribution in [0.2, 0.25) is 0 Å². The lowest BCUT2D eigenvalue weighted by atomic mass is 10.3. The predicted molar refractivity (Wildman–Crippen MR) is 94.4 cm³/mol. The summed E-state index contributed by atoms with van der Waals surface area (Å²) in [6.07, 6.45) is 1.33. The lowest BCUT2D eigenvalue weighted by molar-refractivity contribution is 0.0717. The van der Waals surface area contributed by atoms with Gasteiger partial charge in [-0.1, -0.05) is 13.3 Å². The smallest absolute Gasteiger partial charge is 0.438 e. The second kappa shape index (κ2) is 25.0. The summed E-state index contributed by atoms with van der Waals surface area (Å²) < 4.78 is 243. The Labute approximate surface area is 202 Å². The highest BCUT2D eigenvalue weighted by molar-refractivity contribution is 6.51. The van der Waals surface area contributed by atoms with E-state index in [9.17, 15) is 108 Å². The number of methoxy groups -OCH3 is 1.